The largest absolute Gasteiger partial charge is 0.197 e. The third-order valence-electron chi connectivity index (χ3n) is 1.25. The van der Waals surface area contributed by atoms with Crippen LogP contribution in [0, 0.1) is 0 Å². The molecule has 1 rings (SSSR count). The molecule has 6 heavy (non-hydrogen) atoms. The molecule has 0 aromatic heterocycles. The van der Waals surface area contributed by atoms with Crippen LogP contribution >= 0.6 is 13.5 Å². The van der Waals surface area contributed by atoms with E-state index in [4.69, 9.17) is 0 Å². The zero-order valence-electron chi connectivity index (χ0n) is 4.04. The topological polar surface area (TPSA) is 0 Å². The Balaban J connectivity index is 0.000000250. The van der Waals surface area contributed by atoms with Gasteiger partial charge in [-0.3, -0.25) is 0 Å². The molecule has 0 aromatic carbocycles. The maximum Gasteiger partial charge on any atom is -0.0533 e. The zero-order valence-corrected chi connectivity index (χ0v) is 5.04. The number of rotatable bonds is 0. The Kier molecular flexibility index (Phi) is 3.74. The quantitative estimate of drug-likeness (QED) is 0.441. The molecule has 0 radical (unpaired) electrons. The highest BCUT2D eigenvalue weighted by atomic mass is 32.1. The van der Waals surface area contributed by atoms with Crippen LogP contribution < -0.4 is 0 Å². The molecule has 0 saturated heterocycles. The molecule has 0 unspecified atom stereocenters. The summed E-state index contributed by atoms with van der Waals surface area (Å²) in [6, 6.07) is 0. The van der Waals surface area contributed by atoms with Crippen LogP contribution in [0.2, 0.25) is 0 Å². The zero-order chi connectivity index (χ0) is 3.54. The van der Waals surface area contributed by atoms with Gasteiger partial charge in [-0.15, -0.1) is 0 Å². The Hall–Kier alpha value is 0.350. The van der Waals surface area contributed by atoms with Gasteiger partial charge in [0, 0.05) is 0 Å². The van der Waals surface area contributed by atoms with E-state index in [1.165, 1.54) is 32.1 Å². The van der Waals surface area contributed by atoms with Crippen molar-refractivity contribution in [2.24, 2.45) is 0 Å². The lowest BCUT2D eigenvalue weighted by atomic mass is 10.4. The maximum absolute atomic E-state index is 1.50. The monoisotopic (exact) mass is 104 g/mol. The van der Waals surface area contributed by atoms with Gasteiger partial charge in [-0.05, 0) is 0 Å². The van der Waals surface area contributed by atoms with Crippen LogP contribution in [0.4, 0.5) is 0 Å². The average molecular weight is 104 g/mol. The van der Waals surface area contributed by atoms with Crippen LogP contribution in [-0.4, -0.2) is 0 Å². The van der Waals surface area contributed by atoms with E-state index in [-0.39, 0.29) is 13.5 Å². The average Bonchev–Trinajstić information content (AvgIpc) is 1.76. The minimum atomic E-state index is 0. The van der Waals surface area contributed by atoms with Gasteiger partial charge in [0.1, 0.15) is 0 Å². The lowest BCUT2D eigenvalue weighted by molar-refractivity contribution is 0.886. The van der Waals surface area contributed by atoms with Crippen LogP contribution in [0.3, 0.4) is 0 Å². The summed E-state index contributed by atoms with van der Waals surface area (Å²) >= 11 is 0. The first-order valence-electron chi connectivity index (χ1n) is 2.50. The van der Waals surface area contributed by atoms with Crippen molar-refractivity contribution in [3.05, 3.63) is 0 Å². The highest BCUT2D eigenvalue weighted by Gasteiger charge is 1.95. The fourth-order valence-electron chi connectivity index (χ4n) is 0.884. The molecule has 0 amide bonds. The van der Waals surface area contributed by atoms with Gasteiger partial charge in [0.15, 0.2) is 0 Å². The molecule has 1 fully saturated rings. The van der Waals surface area contributed by atoms with E-state index >= 15 is 0 Å². The van der Waals surface area contributed by atoms with Crippen LogP contribution in [0.25, 0.3) is 0 Å². The maximum atomic E-state index is 1.50. The molecule has 0 aliphatic heterocycles. The molecular formula is C5H12S. The lowest BCUT2D eigenvalue weighted by Gasteiger charge is -1.67. The Morgan fingerprint density at radius 2 is 0.667 bits per heavy atom. The summed E-state index contributed by atoms with van der Waals surface area (Å²) in [6.07, 6.45) is 7.50. The van der Waals surface area contributed by atoms with E-state index in [1.54, 1.807) is 0 Å². The first kappa shape index (κ1) is 6.35. The molecule has 1 saturated carbocycles. The molecule has 0 nitrogen and oxygen atoms in total. The molecular weight excluding hydrogens is 92.1 g/mol. The summed E-state index contributed by atoms with van der Waals surface area (Å²) in [5.41, 5.74) is 0. The smallest absolute Gasteiger partial charge is 0.0533 e. The van der Waals surface area contributed by atoms with Crippen LogP contribution in [-0.2, 0) is 0 Å². The van der Waals surface area contributed by atoms with Crippen molar-refractivity contribution >= 4 is 13.5 Å². The highest BCUT2D eigenvalue weighted by molar-refractivity contribution is 7.59. The Morgan fingerprint density at radius 1 is 0.500 bits per heavy atom. The Morgan fingerprint density at radius 3 is 0.833 bits per heavy atom. The van der Waals surface area contributed by atoms with Gasteiger partial charge < -0.3 is 0 Å². The fraction of sp³-hybridized carbons (Fsp3) is 1.00. The predicted molar refractivity (Wildman–Crippen MR) is 33.5 cm³/mol. The SMILES string of the molecule is C1CCCC1.S. The van der Waals surface area contributed by atoms with Crippen molar-refractivity contribution in [1.29, 1.82) is 0 Å². The first-order chi connectivity index (χ1) is 2.50. The molecule has 0 bridgehead atoms. The summed E-state index contributed by atoms with van der Waals surface area (Å²) in [4.78, 5) is 0. The normalized spacial score (nSPS) is 20.0. The molecule has 1 aliphatic rings. The second-order valence-corrected chi connectivity index (χ2v) is 1.77. The standard InChI is InChI=1S/C5H10.H2S/c1-2-4-5-3-1;/h1-5H2;1H2. The van der Waals surface area contributed by atoms with Gasteiger partial charge in [0.05, 0.1) is 0 Å². The minimum absolute atomic E-state index is 0. The summed E-state index contributed by atoms with van der Waals surface area (Å²) in [7, 11) is 0. The van der Waals surface area contributed by atoms with Gasteiger partial charge in [0.2, 0.25) is 0 Å². The third-order valence-corrected chi connectivity index (χ3v) is 1.25. The lowest BCUT2D eigenvalue weighted by Crippen LogP contribution is -1.47. The summed E-state index contributed by atoms with van der Waals surface area (Å²) in [5.74, 6) is 0. The fourth-order valence-corrected chi connectivity index (χ4v) is 0.884. The van der Waals surface area contributed by atoms with Gasteiger partial charge >= 0.3 is 0 Å². The molecule has 0 N–H and O–H groups in total. The molecule has 1 heteroatoms. The van der Waals surface area contributed by atoms with Gasteiger partial charge in [-0.2, -0.15) is 13.5 Å². The van der Waals surface area contributed by atoms with Crippen molar-refractivity contribution in [2.75, 3.05) is 0 Å². The van der Waals surface area contributed by atoms with Gasteiger partial charge in [-0.25, -0.2) is 0 Å². The molecule has 0 heterocycles. The second kappa shape index (κ2) is 3.54. The van der Waals surface area contributed by atoms with Gasteiger partial charge in [0.25, 0.3) is 0 Å². The number of hydrogen-bond donors (Lipinski definition) is 0. The Labute approximate surface area is 46.4 Å². The summed E-state index contributed by atoms with van der Waals surface area (Å²) in [6.45, 7) is 0. The third kappa shape index (κ3) is 1.71. The van der Waals surface area contributed by atoms with E-state index in [9.17, 15) is 0 Å². The van der Waals surface area contributed by atoms with E-state index < -0.39 is 0 Å². The van der Waals surface area contributed by atoms with Crippen molar-refractivity contribution in [3.63, 3.8) is 0 Å². The van der Waals surface area contributed by atoms with E-state index in [1.807, 2.05) is 0 Å². The van der Waals surface area contributed by atoms with E-state index in [2.05, 4.69) is 0 Å². The second-order valence-electron chi connectivity index (χ2n) is 1.77. The van der Waals surface area contributed by atoms with Crippen LogP contribution in [0.15, 0.2) is 0 Å². The van der Waals surface area contributed by atoms with E-state index in [0.717, 1.165) is 0 Å². The highest BCUT2D eigenvalue weighted by Crippen LogP contribution is 2.15. The summed E-state index contributed by atoms with van der Waals surface area (Å²) in [5, 5.41) is 0. The molecule has 1 aliphatic carbocycles. The Bertz CT molecular complexity index is 15.5. The van der Waals surface area contributed by atoms with Crippen molar-refractivity contribution in [1.82, 2.24) is 0 Å². The van der Waals surface area contributed by atoms with Gasteiger partial charge in [-0.1, -0.05) is 32.1 Å². The molecule has 38 valence electrons. The molecule has 0 atom stereocenters. The minimum Gasteiger partial charge on any atom is -0.197 e. The molecule has 0 aromatic rings. The predicted octanol–water partition coefficient (Wildman–Crippen LogP) is 2.06. The van der Waals surface area contributed by atoms with Crippen molar-refractivity contribution < 1.29 is 0 Å². The molecule has 0 spiro atoms. The van der Waals surface area contributed by atoms with Crippen molar-refractivity contribution in [3.8, 4) is 0 Å². The van der Waals surface area contributed by atoms with Crippen LogP contribution in [0.1, 0.15) is 32.1 Å². The van der Waals surface area contributed by atoms with Crippen LogP contribution in [0.5, 0.6) is 0 Å². The van der Waals surface area contributed by atoms with E-state index in [0.29, 0.717) is 0 Å². The number of hydrogen-bond acceptors (Lipinski definition) is 0. The van der Waals surface area contributed by atoms with Crippen molar-refractivity contribution in [2.45, 2.75) is 32.1 Å². The first-order valence-corrected chi connectivity index (χ1v) is 2.50. The summed E-state index contributed by atoms with van der Waals surface area (Å²) < 4.78 is 0.